The van der Waals surface area contributed by atoms with Crippen LogP contribution in [0.4, 0.5) is 0 Å². The number of aromatic nitrogens is 2. The van der Waals surface area contributed by atoms with E-state index in [1.165, 1.54) is 4.57 Å². The van der Waals surface area contributed by atoms with Crippen molar-refractivity contribution in [3.63, 3.8) is 0 Å². The third-order valence-electron chi connectivity index (χ3n) is 5.23. The second kappa shape index (κ2) is 6.74. The van der Waals surface area contributed by atoms with Crippen LogP contribution in [0.1, 0.15) is 19.4 Å². The molecule has 4 rings (SSSR count). The molecule has 146 valence electrons. The van der Waals surface area contributed by atoms with Gasteiger partial charge in [-0.25, -0.2) is 4.79 Å². The van der Waals surface area contributed by atoms with Gasteiger partial charge in [0, 0.05) is 19.0 Å². The molecular weight excluding hydrogens is 358 g/mol. The Morgan fingerprint density at radius 2 is 1.82 bits per heavy atom. The van der Waals surface area contributed by atoms with Gasteiger partial charge in [-0.05, 0) is 29.8 Å². The standard InChI is InChI=1S/C21H23N3O4/c1-21(2,14-8-9-17-18(10-14)28-13-27-17)12-22-19(25)11-24-16-7-5-4-6-15(16)23(3)20(24)26/h4-10H,11-13H2,1-3H3,(H,22,25). The molecule has 28 heavy (non-hydrogen) atoms. The van der Waals surface area contributed by atoms with E-state index >= 15 is 0 Å². The Balaban J connectivity index is 1.47. The number of rotatable bonds is 5. The van der Waals surface area contributed by atoms with Gasteiger partial charge in [0.1, 0.15) is 6.54 Å². The predicted molar refractivity (Wildman–Crippen MR) is 106 cm³/mol. The highest BCUT2D eigenvalue weighted by molar-refractivity contribution is 5.81. The fourth-order valence-corrected chi connectivity index (χ4v) is 3.45. The molecule has 2 heterocycles. The van der Waals surface area contributed by atoms with Gasteiger partial charge in [0.05, 0.1) is 11.0 Å². The summed E-state index contributed by atoms with van der Waals surface area (Å²) in [6.45, 7) is 4.75. The number of hydrogen-bond donors (Lipinski definition) is 1. The SMILES string of the molecule is Cn1c(=O)n(CC(=O)NCC(C)(C)c2ccc3c(c2)OCO3)c2ccccc21. The van der Waals surface area contributed by atoms with Crippen LogP contribution in [-0.4, -0.2) is 28.4 Å². The molecule has 2 aromatic carbocycles. The van der Waals surface area contributed by atoms with Gasteiger partial charge in [-0.1, -0.05) is 32.0 Å². The summed E-state index contributed by atoms with van der Waals surface area (Å²) in [6, 6.07) is 13.3. The number of imidazole rings is 1. The molecule has 1 amide bonds. The van der Waals surface area contributed by atoms with Gasteiger partial charge in [-0.3, -0.25) is 13.9 Å². The van der Waals surface area contributed by atoms with Gasteiger partial charge in [0.15, 0.2) is 11.5 Å². The number of ether oxygens (including phenoxy) is 2. The summed E-state index contributed by atoms with van der Waals surface area (Å²) in [5.74, 6) is 1.25. The largest absolute Gasteiger partial charge is 0.454 e. The zero-order valence-corrected chi connectivity index (χ0v) is 16.2. The lowest BCUT2D eigenvalue weighted by atomic mass is 9.84. The van der Waals surface area contributed by atoms with Crippen molar-refractivity contribution in [2.24, 2.45) is 7.05 Å². The van der Waals surface area contributed by atoms with Crippen molar-refractivity contribution in [2.75, 3.05) is 13.3 Å². The lowest BCUT2D eigenvalue weighted by molar-refractivity contribution is -0.121. The van der Waals surface area contributed by atoms with Gasteiger partial charge in [0.25, 0.3) is 0 Å². The van der Waals surface area contributed by atoms with E-state index in [-0.39, 0.29) is 30.3 Å². The van der Waals surface area contributed by atoms with Crippen molar-refractivity contribution in [3.8, 4) is 11.5 Å². The molecule has 0 saturated heterocycles. The third kappa shape index (κ3) is 3.13. The average Bonchev–Trinajstić information content (AvgIpc) is 3.25. The third-order valence-corrected chi connectivity index (χ3v) is 5.23. The number of hydrogen-bond acceptors (Lipinski definition) is 4. The second-order valence-corrected chi connectivity index (χ2v) is 7.65. The lowest BCUT2D eigenvalue weighted by Gasteiger charge is -2.26. The minimum atomic E-state index is -0.305. The molecule has 0 aliphatic carbocycles. The van der Waals surface area contributed by atoms with Crippen LogP contribution in [0.3, 0.4) is 0 Å². The van der Waals surface area contributed by atoms with E-state index in [2.05, 4.69) is 19.2 Å². The monoisotopic (exact) mass is 381 g/mol. The van der Waals surface area contributed by atoms with E-state index in [0.717, 1.165) is 28.1 Å². The Bertz CT molecular complexity index is 1110. The average molecular weight is 381 g/mol. The first-order chi connectivity index (χ1) is 13.4. The maximum absolute atomic E-state index is 12.6. The smallest absolute Gasteiger partial charge is 0.329 e. The van der Waals surface area contributed by atoms with E-state index in [1.54, 1.807) is 11.6 Å². The van der Waals surface area contributed by atoms with Crippen LogP contribution in [0, 0.1) is 0 Å². The van der Waals surface area contributed by atoms with Crippen molar-refractivity contribution in [3.05, 3.63) is 58.5 Å². The maximum atomic E-state index is 12.6. The van der Waals surface area contributed by atoms with Crippen LogP contribution < -0.4 is 20.5 Å². The molecule has 0 saturated carbocycles. The summed E-state index contributed by atoms with van der Waals surface area (Å²) >= 11 is 0. The van der Waals surface area contributed by atoms with Crippen LogP contribution in [0.15, 0.2) is 47.3 Å². The summed E-state index contributed by atoms with van der Waals surface area (Å²) < 4.78 is 13.9. The fraction of sp³-hybridized carbons (Fsp3) is 0.333. The minimum Gasteiger partial charge on any atom is -0.454 e. The lowest BCUT2D eigenvalue weighted by Crippen LogP contribution is -2.39. The number of amides is 1. The quantitative estimate of drug-likeness (QED) is 0.735. The zero-order valence-electron chi connectivity index (χ0n) is 16.2. The second-order valence-electron chi connectivity index (χ2n) is 7.65. The number of carbonyl (C=O) groups excluding carboxylic acids is 1. The van der Waals surface area contributed by atoms with E-state index in [0.29, 0.717) is 6.54 Å². The maximum Gasteiger partial charge on any atom is 0.329 e. The van der Waals surface area contributed by atoms with Gasteiger partial charge in [-0.2, -0.15) is 0 Å². The molecule has 1 aliphatic heterocycles. The molecule has 0 atom stereocenters. The predicted octanol–water partition coefficient (Wildman–Crippen LogP) is 2.16. The van der Waals surface area contributed by atoms with Gasteiger partial charge in [-0.15, -0.1) is 0 Å². The first-order valence-electron chi connectivity index (χ1n) is 9.18. The number of nitrogens with zero attached hydrogens (tertiary/aromatic N) is 2. The molecule has 0 spiro atoms. The topological polar surface area (TPSA) is 74.5 Å². The fourth-order valence-electron chi connectivity index (χ4n) is 3.45. The molecule has 1 N–H and O–H groups in total. The van der Waals surface area contributed by atoms with E-state index in [1.807, 2.05) is 42.5 Å². The molecule has 1 aromatic heterocycles. The van der Waals surface area contributed by atoms with Gasteiger partial charge in [0.2, 0.25) is 12.7 Å². The zero-order chi connectivity index (χ0) is 19.9. The summed E-state index contributed by atoms with van der Waals surface area (Å²) in [5, 5.41) is 2.96. The molecule has 0 fully saturated rings. The Labute approximate surface area is 162 Å². The number of fused-ring (bicyclic) bond motifs is 2. The van der Waals surface area contributed by atoms with Crippen LogP contribution in [0.25, 0.3) is 11.0 Å². The Kier molecular flexibility index (Phi) is 4.37. The number of nitrogens with one attached hydrogen (secondary N) is 1. The molecule has 0 bridgehead atoms. The summed E-state index contributed by atoms with van der Waals surface area (Å²) in [5.41, 5.74) is 2.09. The molecule has 0 unspecified atom stereocenters. The van der Waals surface area contributed by atoms with E-state index < -0.39 is 0 Å². The number of para-hydroxylation sites is 2. The van der Waals surface area contributed by atoms with Crippen molar-refractivity contribution >= 4 is 16.9 Å². The van der Waals surface area contributed by atoms with Crippen LogP contribution >= 0.6 is 0 Å². The number of aryl methyl sites for hydroxylation is 1. The molecule has 7 heteroatoms. The first-order valence-corrected chi connectivity index (χ1v) is 9.18. The van der Waals surface area contributed by atoms with Crippen molar-refractivity contribution in [2.45, 2.75) is 25.8 Å². The number of carbonyl (C=O) groups is 1. The highest BCUT2D eigenvalue weighted by Gasteiger charge is 2.25. The summed E-state index contributed by atoms with van der Waals surface area (Å²) in [6.07, 6.45) is 0. The molecule has 1 aliphatic rings. The highest BCUT2D eigenvalue weighted by Crippen LogP contribution is 2.36. The first kappa shape index (κ1) is 18.2. The van der Waals surface area contributed by atoms with E-state index in [9.17, 15) is 9.59 Å². The van der Waals surface area contributed by atoms with Crippen molar-refractivity contribution in [1.82, 2.24) is 14.5 Å². The molecular formula is C21H23N3O4. The molecule has 3 aromatic rings. The van der Waals surface area contributed by atoms with Gasteiger partial charge < -0.3 is 14.8 Å². The molecule has 0 radical (unpaired) electrons. The Morgan fingerprint density at radius 1 is 1.11 bits per heavy atom. The Morgan fingerprint density at radius 3 is 2.61 bits per heavy atom. The highest BCUT2D eigenvalue weighted by atomic mass is 16.7. The minimum absolute atomic E-state index is 0.0165. The summed E-state index contributed by atoms with van der Waals surface area (Å²) in [7, 11) is 1.71. The normalized spacial score (nSPS) is 13.1. The van der Waals surface area contributed by atoms with Crippen LogP contribution in [-0.2, 0) is 23.8 Å². The summed E-state index contributed by atoms with van der Waals surface area (Å²) in [4.78, 5) is 25.0. The number of benzene rings is 2. The van der Waals surface area contributed by atoms with Gasteiger partial charge >= 0.3 is 5.69 Å². The molecule has 7 nitrogen and oxygen atoms in total. The van der Waals surface area contributed by atoms with Crippen molar-refractivity contribution in [1.29, 1.82) is 0 Å². The Hall–Kier alpha value is -3.22. The van der Waals surface area contributed by atoms with Crippen LogP contribution in [0.2, 0.25) is 0 Å². The van der Waals surface area contributed by atoms with E-state index in [4.69, 9.17) is 9.47 Å². The van der Waals surface area contributed by atoms with Crippen molar-refractivity contribution < 1.29 is 14.3 Å². The van der Waals surface area contributed by atoms with Crippen LogP contribution in [0.5, 0.6) is 11.5 Å².